The topological polar surface area (TPSA) is 49.4 Å². The van der Waals surface area contributed by atoms with Gasteiger partial charge in [-0.2, -0.15) is 0 Å². The number of amides is 2. The second-order valence-electron chi connectivity index (χ2n) is 7.03. The van der Waals surface area contributed by atoms with Gasteiger partial charge < -0.3 is 10.2 Å². The third kappa shape index (κ3) is 3.93. The zero-order valence-electron chi connectivity index (χ0n) is 15.7. The minimum Gasteiger partial charge on any atom is -0.324 e. The highest BCUT2D eigenvalue weighted by atomic mass is 79.9. The molecule has 0 aliphatic carbocycles. The van der Waals surface area contributed by atoms with Gasteiger partial charge >= 0.3 is 0 Å². The van der Waals surface area contributed by atoms with Crippen LogP contribution in [0.4, 0.5) is 10.1 Å². The summed E-state index contributed by atoms with van der Waals surface area (Å²) in [4.78, 5) is 27.5. The van der Waals surface area contributed by atoms with E-state index in [1.807, 2.05) is 25.1 Å². The Morgan fingerprint density at radius 1 is 1.07 bits per heavy atom. The minimum atomic E-state index is -0.527. The molecule has 3 aromatic carbocycles. The Morgan fingerprint density at radius 3 is 2.45 bits per heavy atom. The summed E-state index contributed by atoms with van der Waals surface area (Å²) in [5, 5.41) is 2.89. The molecule has 0 radical (unpaired) electrons. The van der Waals surface area contributed by atoms with Gasteiger partial charge in [0.05, 0.1) is 6.04 Å². The fourth-order valence-corrected chi connectivity index (χ4v) is 3.84. The van der Waals surface area contributed by atoms with E-state index in [1.54, 1.807) is 36.4 Å². The van der Waals surface area contributed by atoms with E-state index in [4.69, 9.17) is 0 Å². The van der Waals surface area contributed by atoms with Crippen LogP contribution in [0.5, 0.6) is 0 Å². The quantitative estimate of drug-likeness (QED) is 0.589. The number of carbonyl (C=O) groups excluding carboxylic acids is 2. The average Bonchev–Trinajstić information content (AvgIpc) is 2.84. The number of fused-ring (bicyclic) bond motifs is 1. The summed E-state index contributed by atoms with van der Waals surface area (Å²) in [7, 11) is 0. The van der Waals surface area contributed by atoms with Gasteiger partial charge in [-0.1, -0.05) is 45.8 Å². The van der Waals surface area contributed by atoms with Gasteiger partial charge in [-0.05, 0) is 55.0 Å². The minimum absolute atomic E-state index is 0.106. The predicted molar refractivity (Wildman–Crippen MR) is 113 cm³/mol. The SMILES string of the molecule is Cc1ccc2c(c1)[C@H](c1ccc(F)cc1)N(C(=O)c1ccc(Br)cc1)CC(=O)N2. The summed E-state index contributed by atoms with van der Waals surface area (Å²) in [6.45, 7) is 1.85. The van der Waals surface area contributed by atoms with Gasteiger partial charge in [-0.3, -0.25) is 9.59 Å². The molecule has 1 N–H and O–H groups in total. The van der Waals surface area contributed by atoms with Crippen molar-refractivity contribution in [3.63, 3.8) is 0 Å². The summed E-state index contributed by atoms with van der Waals surface area (Å²) in [6.07, 6.45) is 0. The Balaban J connectivity index is 1.88. The number of benzene rings is 3. The molecule has 6 heteroatoms. The number of aryl methyl sites for hydroxylation is 1. The maximum atomic E-state index is 13.6. The Kier molecular flexibility index (Phi) is 5.20. The van der Waals surface area contributed by atoms with Crippen LogP contribution in [0.25, 0.3) is 0 Å². The van der Waals surface area contributed by atoms with Gasteiger partial charge in [0.25, 0.3) is 5.91 Å². The van der Waals surface area contributed by atoms with Gasteiger partial charge in [0.1, 0.15) is 12.4 Å². The van der Waals surface area contributed by atoms with Crippen LogP contribution in [-0.4, -0.2) is 23.3 Å². The van der Waals surface area contributed by atoms with Crippen molar-refractivity contribution in [2.75, 3.05) is 11.9 Å². The highest BCUT2D eigenvalue weighted by molar-refractivity contribution is 9.10. The number of hydrogen-bond acceptors (Lipinski definition) is 2. The number of nitrogens with zero attached hydrogens (tertiary/aromatic N) is 1. The monoisotopic (exact) mass is 452 g/mol. The average molecular weight is 453 g/mol. The first-order valence-electron chi connectivity index (χ1n) is 9.15. The number of carbonyl (C=O) groups is 2. The number of anilines is 1. The lowest BCUT2D eigenvalue weighted by atomic mass is 9.94. The van der Waals surface area contributed by atoms with Gasteiger partial charge in [-0.25, -0.2) is 4.39 Å². The summed E-state index contributed by atoms with van der Waals surface area (Å²) in [5.74, 6) is -0.895. The van der Waals surface area contributed by atoms with E-state index >= 15 is 0 Å². The fraction of sp³-hybridized carbons (Fsp3) is 0.130. The molecule has 0 unspecified atom stereocenters. The zero-order chi connectivity index (χ0) is 20.5. The van der Waals surface area contributed by atoms with E-state index in [0.29, 0.717) is 11.3 Å². The molecule has 1 heterocycles. The molecular weight excluding hydrogens is 435 g/mol. The molecule has 0 aromatic heterocycles. The number of hydrogen-bond donors (Lipinski definition) is 1. The highest BCUT2D eigenvalue weighted by Gasteiger charge is 2.34. The molecule has 4 nitrogen and oxygen atoms in total. The van der Waals surface area contributed by atoms with Gasteiger partial charge in [0.2, 0.25) is 5.91 Å². The van der Waals surface area contributed by atoms with E-state index < -0.39 is 6.04 Å². The van der Waals surface area contributed by atoms with Crippen LogP contribution in [0.1, 0.15) is 33.1 Å². The Labute approximate surface area is 176 Å². The van der Waals surface area contributed by atoms with Crippen molar-refractivity contribution >= 4 is 33.4 Å². The first-order chi connectivity index (χ1) is 13.9. The van der Waals surface area contributed by atoms with Crippen LogP contribution in [0.15, 0.2) is 71.2 Å². The molecule has 1 atom stereocenters. The predicted octanol–water partition coefficient (Wildman–Crippen LogP) is 5.08. The highest BCUT2D eigenvalue weighted by Crippen LogP contribution is 2.37. The van der Waals surface area contributed by atoms with Crippen LogP contribution < -0.4 is 5.32 Å². The van der Waals surface area contributed by atoms with E-state index in [2.05, 4.69) is 21.2 Å². The largest absolute Gasteiger partial charge is 0.324 e. The number of nitrogens with one attached hydrogen (secondary N) is 1. The maximum Gasteiger partial charge on any atom is 0.255 e. The van der Waals surface area contributed by atoms with Gasteiger partial charge in [-0.15, -0.1) is 0 Å². The van der Waals surface area contributed by atoms with E-state index in [-0.39, 0.29) is 24.2 Å². The molecule has 29 heavy (non-hydrogen) atoms. The molecule has 3 aromatic rings. The maximum absolute atomic E-state index is 13.6. The van der Waals surface area contributed by atoms with Gasteiger partial charge in [0.15, 0.2) is 0 Å². The van der Waals surface area contributed by atoms with Crippen LogP contribution in [0, 0.1) is 12.7 Å². The van der Waals surface area contributed by atoms with Crippen LogP contribution >= 0.6 is 15.9 Å². The van der Waals surface area contributed by atoms with Crippen molar-refractivity contribution in [3.05, 3.63) is 99.3 Å². The molecule has 0 saturated carbocycles. The zero-order valence-corrected chi connectivity index (χ0v) is 17.2. The molecule has 146 valence electrons. The van der Waals surface area contributed by atoms with Crippen molar-refractivity contribution < 1.29 is 14.0 Å². The molecular formula is C23H18BrFN2O2. The smallest absolute Gasteiger partial charge is 0.255 e. The molecule has 2 amide bonds. The van der Waals surface area contributed by atoms with Crippen molar-refractivity contribution in [2.45, 2.75) is 13.0 Å². The third-order valence-corrected chi connectivity index (χ3v) is 5.47. The summed E-state index contributed by atoms with van der Waals surface area (Å²) < 4.78 is 14.4. The van der Waals surface area contributed by atoms with Crippen molar-refractivity contribution in [1.29, 1.82) is 0 Å². The standard InChI is InChI=1S/C23H18BrFN2O2/c1-14-2-11-20-19(12-14)22(15-5-9-18(25)10-6-15)27(13-21(28)26-20)23(29)16-3-7-17(24)8-4-16/h2-12,22H,13H2,1H3,(H,26,28)/t22-/m0/s1. The molecule has 4 rings (SSSR count). The van der Waals surface area contributed by atoms with E-state index in [1.165, 1.54) is 17.0 Å². The summed E-state index contributed by atoms with van der Waals surface area (Å²) >= 11 is 3.37. The lowest BCUT2D eigenvalue weighted by Crippen LogP contribution is -2.39. The molecule has 0 bridgehead atoms. The molecule has 0 saturated heterocycles. The van der Waals surface area contributed by atoms with E-state index in [9.17, 15) is 14.0 Å². The molecule has 0 fully saturated rings. The Bertz CT molecular complexity index is 1080. The van der Waals surface area contributed by atoms with Crippen molar-refractivity contribution in [1.82, 2.24) is 4.90 Å². The summed E-state index contributed by atoms with van der Waals surface area (Å²) in [5.41, 5.74) is 3.67. The van der Waals surface area contributed by atoms with Crippen LogP contribution in [0.2, 0.25) is 0 Å². The van der Waals surface area contributed by atoms with Gasteiger partial charge in [0, 0.05) is 21.3 Å². The third-order valence-electron chi connectivity index (χ3n) is 4.94. The van der Waals surface area contributed by atoms with Crippen LogP contribution in [-0.2, 0) is 4.79 Å². The second-order valence-corrected chi connectivity index (χ2v) is 7.95. The van der Waals surface area contributed by atoms with Crippen molar-refractivity contribution in [2.24, 2.45) is 0 Å². The second kappa shape index (κ2) is 7.79. The van der Waals surface area contributed by atoms with Crippen molar-refractivity contribution in [3.8, 4) is 0 Å². The fourth-order valence-electron chi connectivity index (χ4n) is 3.58. The number of rotatable bonds is 2. The first-order valence-corrected chi connectivity index (χ1v) is 9.94. The molecule has 1 aliphatic heterocycles. The number of halogens is 2. The summed E-state index contributed by atoms with van der Waals surface area (Å²) in [6, 6.07) is 18.2. The lowest BCUT2D eigenvalue weighted by Gasteiger charge is -2.31. The lowest BCUT2D eigenvalue weighted by molar-refractivity contribution is -0.117. The Hall–Kier alpha value is -2.99. The normalized spacial score (nSPS) is 16.0. The molecule has 1 aliphatic rings. The Morgan fingerprint density at radius 2 is 1.76 bits per heavy atom. The van der Waals surface area contributed by atoms with Crippen LogP contribution in [0.3, 0.4) is 0 Å². The molecule has 0 spiro atoms. The first kappa shape index (κ1) is 19.3. The van der Waals surface area contributed by atoms with E-state index in [0.717, 1.165) is 21.2 Å².